The van der Waals surface area contributed by atoms with E-state index in [9.17, 15) is 9.59 Å². The van der Waals surface area contributed by atoms with Gasteiger partial charge < -0.3 is 15.6 Å². The van der Waals surface area contributed by atoms with Crippen LogP contribution in [0.25, 0.3) is 0 Å². The maximum absolute atomic E-state index is 11.9. The average molecular weight is 271 g/mol. The normalized spacial score (nSPS) is 10.2. The number of nitrogen functional groups attached to an aromatic ring is 1. The van der Waals surface area contributed by atoms with Crippen molar-refractivity contribution in [1.82, 2.24) is 4.57 Å². The second kappa shape index (κ2) is 6.06. The number of aromatic nitrogens is 1. The number of amides is 1. The summed E-state index contributed by atoms with van der Waals surface area (Å²) >= 11 is 0. The third kappa shape index (κ3) is 3.47. The molecule has 3 N–H and O–H groups in total. The zero-order valence-corrected chi connectivity index (χ0v) is 11.3. The third-order valence-corrected chi connectivity index (χ3v) is 2.95. The van der Waals surface area contributed by atoms with Crippen molar-refractivity contribution in [2.24, 2.45) is 0 Å². The number of aryl methyl sites for hydroxylation is 1. The summed E-state index contributed by atoms with van der Waals surface area (Å²) in [6.07, 6.45) is 1.91. The molecular formula is C15H17N3O2. The minimum absolute atomic E-state index is 0.0796. The molecule has 2 aromatic rings. The molecule has 2 rings (SSSR count). The Morgan fingerprint density at radius 3 is 2.55 bits per heavy atom. The molecule has 5 nitrogen and oxygen atoms in total. The molecule has 0 atom stereocenters. The first-order valence-corrected chi connectivity index (χ1v) is 6.43. The molecule has 0 unspecified atom stereocenters. The summed E-state index contributed by atoms with van der Waals surface area (Å²) in [5, 5.41) is 2.78. The maximum Gasteiger partial charge on any atom is 0.250 e. The minimum Gasteiger partial charge on any atom is -0.399 e. The number of nitrogens with zero attached hydrogens (tertiary/aromatic N) is 1. The van der Waals surface area contributed by atoms with E-state index in [0.717, 1.165) is 5.56 Å². The molecule has 1 amide bonds. The number of hydrogen-bond acceptors (Lipinski definition) is 3. The van der Waals surface area contributed by atoms with Crippen LogP contribution in [0.1, 0.15) is 12.5 Å². The summed E-state index contributed by atoms with van der Waals surface area (Å²) in [6.45, 7) is 2.45. The number of pyridine rings is 1. The molecule has 0 saturated heterocycles. The van der Waals surface area contributed by atoms with Crippen molar-refractivity contribution in [3.8, 4) is 0 Å². The molecule has 1 aromatic heterocycles. The highest BCUT2D eigenvalue weighted by Crippen LogP contribution is 2.08. The number of rotatable bonds is 4. The Hall–Kier alpha value is -2.56. The summed E-state index contributed by atoms with van der Waals surface area (Å²) in [6, 6.07) is 10.2. The van der Waals surface area contributed by atoms with Crippen LogP contribution in [0.2, 0.25) is 0 Å². The van der Waals surface area contributed by atoms with Crippen LogP contribution in [-0.2, 0) is 17.8 Å². The summed E-state index contributed by atoms with van der Waals surface area (Å²) in [4.78, 5) is 23.4. The van der Waals surface area contributed by atoms with E-state index in [1.807, 2.05) is 19.1 Å². The van der Waals surface area contributed by atoms with Crippen molar-refractivity contribution < 1.29 is 4.79 Å². The number of nitrogens with two attached hydrogens (primary N) is 1. The molecule has 0 aliphatic carbocycles. The monoisotopic (exact) mass is 271 g/mol. The van der Waals surface area contributed by atoms with Gasteiger partial charge in [-0.05, 0) is 30.7 Å². The van der Waals surface area contributed by atoms with Gasteiger partial charge in [0.1, 0.15) is 0 Å². The minimum atomic E-state index is -0.129. The lowest BCUT2D eigenvalue weighted by atomic mass is 10.1. The van der Waals surface area contributed by atoms with Crippen LogP contribution in [0.3, 0.4) is 0 Å². The van der Waals surface area contributed by atoms with E-state index >= 15 is 0 Å². The van der Waals surface area contributed by atoms with Gasteiger partial charge in [0.15, 0.2) is 0 Å². The van der Waals surface area contributed by atoms with Gasteiger partial charge >= 0.3 is 0 Å². The Balaban J connectivity index is 2.04. The predicted octanol–water partition coefficient (Wildman–Crippen LogP) is 1.63. The van der Waals surface area contributed by atoms with Crippen molar-refractivity contribution in [1.29, 1.82) is 0 Å². The maximum atomic E-state index is 11.9. The zero-order chi connectivity index (χ0) is 14.5. The quantitative estimate of drug-likeness (QED) is 0.830. The largest absolute Gasteiger partial charge is 0.399 e. The molecule has 1 heterocycles. The van der Waals surface area contributed by atoms with Crippen molar-refractivity contribution in [2.45, 2.75) is 19.9 Å². The van der Waals surface area contributed by atoms with E-state index in [4.69, 9.17) is 5.73 Å². The molecule has 0 aliphatic heterocycles. The van der Waals surface area contributed by atoms with E-state index in [0.29, 0.717) is 17.9 Å². The lowest BCUT2D eigenvalue weighted by Gasteiger charge is -2.08. The average Bonchev–Trinajstić information content (AvgIpc) is 2.43. The molecule has 0 spiro atoms. The second-order valence-electron chi connectivity index (χ2n) is 4.51. The highest BCUT2D eigenvalue weighted by atomic mass is 16.1. The van der Waals surface area contributed by atoms with Crippen LogP contribution in [0.4, 0.5) is 11.4 Å². The molecule has 0 aliphatic rings. The molecule has 0 fully saturated rings. The van der Waals surface area contributed by atoms with Crippen LogP contribution in [-0.4, -0.2) is 10.5 Å². The van der Waals surface area contributed by atoms with E-state index in [1.165, 1.54) is 6.07 Å². The first kappa shape index (κ1) is 13.9. The topological polar surface area (TPSA) is 77.1 Å². The SMILES string of the molecule is CCn1cc(NC(=O)Cc2ccc(N)cc2)ccc1=O. The molecule has 5 heteroatoms. The summed E-state index contributed by atoms with van der Waals surface area (Å²) in [5.74, 6) is -0.129. The standard InChI is InChI=1S/C15H17N3O2/c1-2-18-10-13(7-8-15(18)20)17-14(19)9-11-3-5-12(16)6-4-11/h3-8,10H,2,9,16H2,1H3,(H,17,19). The van der Waals surface area contributed by atoms with Gasteiger partial charge in [-0.2, -0.15) is 0 Å². The van der Waals surface area contributed by atoms with Crippen molar-refractivity contribution in [2.75, 3.05) is 11.1 Å². The highest BCUT2D eigenvalue weighted by molar-refractivity contribution is 5.92. The van der Waals surface area contributed by atoms with E-state index in [2.05, 4.69) is 5.32 Å². The number of carbonyl (C=O) groups is 1. The second-order valence-corrected chi connectivity index (χ2v) is 4.51. The van der Waals surface area contributed by atoms with Gasteiger partial charge in [0, 0.05) is 24.5 Å². The summed E-state index contributed by atoms with van der Waals surface area (Å²) in [5.41, 5.74) is 7.69. The summed E-state index contributed by atoms with van der Waals surface area (Å²) in [7, 11) is 0. The first-order chi connectivity index (χ1) is 9.58. The lowest BCUT2D eigenvalue weighted by molar-refractivity contribution is -0.115. The Bertz CT molecular complexity index is 660. The van der Waals surface area contributed by atoms with E-state index < -0.39 is 0 Å². The van der Waals surface area contributed by atoms with Crippen LogP contribution in [0, 0.1) is 0 Å². The number of benzene rings is 1. The van der Waals surface area contributed by atoms with Crippen LogP contribution in [0.5, 0.6) is 0 Å². The third-order valence-electron chi connectivity index (χ3n) is 2.95. The van der Waals surface area contributed by atoms with Crippen LogP contribution >= 0.6 is 0 Å². The van der Waals surface area contributed by atoms with Gasteiger partial charge in [-0.3, -0.25) is 9.59 Å². The fourth-order valence-electron chi connectivity index (χ4n) is 1.88. The number of anilines is 2. The van der Waals surface area contributed by atoms with Gasteiger partial charge in [0.05, 0.1) is 12.1 Å². The fraction of sp³-hybridized carbons (Fsp3) is 0.200. The van der Waals surface area contributed by atoms with Gasteiger partial charge in [-0.15, -0.1) is 0 Å². The predicted molar refractivity (Wildman–Crippen MR) is 79.6 cm³/mol. The van der Waals surface area contributed by atoms with Gasteiger partial charge in [-0.25, -0.2) is 0 Å². The zero-order valence-electron chi connectivity index (χ0n) is 11.3. The molecule has 104 valence electrons. The smallest absolute Gasteiger partial charge is 0.250 e. The fourth-order valence-corrected chi connectivity index (χ4v) is 1.88. The van der Waals surface area contributed by atoms with Gasteiger partial charge in [-0.1, -0.05) is 12.1 Å². The molecular weight excluding hydrogens is 254 g/mol. The van der Waals surface area contributed by atoms with E-state index in [1.54, 1.807) is 29.0 Å². The summed E-state index contributed by atoms with van der Waals surface area (Å²) < 4.78 is 1.54. The molecule has 1 aromatic carbocycles. The first-order valence-electron chi connectivity index (χ1n) is 6.43. The molecule has 0 bridgehead atoms. The number of carbonyl (C=O) groups excluding carboxylic acids is 1. The van der Waals surface area contributed by atoms with Crippen molar-refractivity contribution in [3.05, 3.63) is 58.5 Å². The van der Waals surface area contributed by atoms with Crippen molar-refractivity contribution >= 4 is 17.3 Å². The van der Waals surface area contributed by atoms with Crippen molar-refractivity contribution in [3.63, 3.8) is 0 Å². The van der Waals surface area contributed by atoms with Crippen LogP contribution in [0.15, 0.2) is 47.4 Å². The molecule has 0 radical (unpaired) electrons. The highest BCUT2D eigenvalue weighted by Gasteiger charge is 2.05. The van der Waals surface area contributed by atoms with Gasteiger partial charge in [0.2, 0.25) is 5.91 Å². The van der Waals surface area contributed by atoms with Crippen LogP contribution < -0.4 is 16.6 Å². The lowest BCUT2D eigenvalue weighted by Crippen LogP contribution is -2.20. The molecule has 0 saturated carbocycles. The molecule has 20 heavy (non-hydrogen) atoms. The Labute approximate surface area is 117 Å². The Morgan fingerprint density at radius 1 is 1.20 bits per heavy atom. The Morgan fingerprint density at radius 2 is 1.90 bits per heavy atom. The van der Waals surface area contributed by atoms with Gasteiger partial charge in [0.25, 0.3) is 5.56 Å². The number of nitrogens with one attached hydrogen (secondary N) is 1. The number of hydrogen-bond donors (Lipinski definition) is 2. The van der Waals surface area contributed by atoms with E-state index in [-0.39, 0.29) is 17.9 Å². The Kier molecular flexibility index (Phi) is 4.20.